The highest BCUT2D eigenvalue weighted by Gasteiger charge is 2.23. The molecule has 1 aliphatic rings. The number of aromatic nitrogens is 3. The molecular formula is C16H23N5O3. The van der Waals surface area contributed by atoms with Crippen molar-refractivity contribution in [2.45, 2.75) is 26.6 Å². The van der Waals surface area contributed by atoms with Crippen LogP contribution in [-0.2, 0) is 29.2 Å². The summed E-state index contributed by atoms with van der Waals surface area (Å²) in [5.74, 6) is 0.981. The van der Waals surface area contributed by atoms with Gasteiger partial charge >= 0.3 is 0 Å². The normalized spacial score (nSPS) is 18.2. The van der Waals surface area contributed by atoms with Crippen LogP contribution in [0.2, 0.25) is 0 Å². The molecule has 0 saturated heterocycles. The van der Waals surface area contributed by atoms with E-state index in [0.717, 1.165) is 31.1 Å². The summed E-state index contributed by atoms with van der Waals surface area (Å²) in [6.45, 7) is 5.71. The molecule has 0 fully saturated rings. The minimum atomic E-state index is -0.0962. The van der Waals surface area contributed by atoms with Crippen molar-refractivity contribution in [3.05, 3.63) is 35.5 Å². The molecule has 3 heterocycles. The first-order valence-corrected chi connectivity index (χ1v) is 8.05. The number of rotatable bonds is 6. The standard InChI is InChI=1S/C16H23N5O3/c1-12-5-14(19-24-12)9-20-7-13(6-17-16(22)11-23-2)8-21-15(10-20)3-4-18-21/h3-5,13H,6-11H2,1-2H3,(H,17,22)/t13-/m1/s1. The van der Waals surface area contributed by atoms with Crippen LogP contribution in [0.5, 0.6) is 0 Å². The van der Waals surface area contributed by atoms with Crippen LogP contribution in [0.3, 0.4) is 0 Å². The van der Waals surface area contributed by atoms with Crippen LogP contribution in [0.25, 0.3) is 0 Å². The Hall–Kier alpha value is -2.19. The maximum atomic E-state index is 11.6. The molecule has 1 N–H and O–H groups in total. The van der Waals surface area contributed by atoms with E-state index in [2.05, 4.69) is 20.5 Å². The highest BCUT2D eigenvalue weighted by atomic mass is 16.5. The zero-order valence-electron chi connectivity index (χ0n) is 14.1. The maximum absolute atomic E-state index is 11.6. The predicted octanol–water partition coefficient (Wildman–Crippen LogP) is 0.574. The van der Waals surface area contributed by atoms with Crippen molar-refractivity contribution in [2.24, 2.45) is 5.92 Å². The zero-order chi connectivity index (χ0) is 16.9. The number of carbonyl (C=O) groups excluding carboxylic acids is 1. The number of amides is 1. The predicted molar refractivity (Wildman–Crippen MR) is 86.0 cm³/mol. The molecule has 0 spiro atoms. The van der Waals surface area contributed by atoms with Crippen LogP contribution in [0.4, 0.5) is 0 Å². The van der Waals surface area contributed by atoms with Gasteiger partial charge in [0.15, 0.2) is 0 Å². The first-order valence-electron chi connectivity index (χ1n) is 8.05. The van der Waals surface area contributed by atoms with Crippen LogP contribution in [0.1, 0.15) is 17.1 Å². The number of nitrogens with zero attached hydrogens (tertiary/aromatic N) is 4. The van der Waals surface area contributed by atoms with Gasteiger partial charge in [-0.15, -0.1) is 0 Å². The minimum absolute atomic E-state index is 0.0850. The smallest absolute Gasteiger partial charge is 0.245 e. The quantitative estimate of drug-likeness (QED) is 0.832. The van der Waals surface area contributed by atoms with Crippen molar-refractivity contribution >= 4 is 5.91 Å². The molecular weight excluding hydrogens is 310 g/mol. The summed E-state index contributed by atoms with van der Waals surface area (Å²) in [5, 5.41) is 11.4. The minimum Gasteiger partial charge on any atom is -0.375 e. The Kier molecular flexibility index (Phi) is 5.27. The van der Waals surface area contributed by atoms with E-state index in [4.69, 9.17) is 9.26 Å². The molecule has 2 aromatic heterocycles. The third kappa shape index (κ3) is 4.21. The Labute approximate surface area is 140 Å². The van der Waals surface area contributed by atoms with Crippen molar-refractivity contribution in [1.29, 1.82) is 0 Å². The van der Waals surface area contributed by atoms with Crippen LogP contribution in [-0.4, -0.2) is 52.6 Å². The number of hydrogen-bond acceptors (Lipinski definition) is 6. The van der Waals surface area contributed by atoms with Gasteiger partial charge in [0.2, 0.25) is 5.91 Å². The van der Waals surface area contributed by atoms with Crippen LogP contribution >= 0.6 is 0 Å². The summed E-state index contributed by atoms with van der Waals surface area (Å²) in [5.41, 5.74) is 2.09. The Morgan fingerprint density at radius 2 is 2.38 bits per heavy atom. The number of fused-ring (bicyclic) bond motifs is 1. The molecule has 0 aliphatic carbocycles. The van der Waals surface area contributed by atoms with Crippen LogP contribution < -0.4 is 5.32 Å². The summed E-state index contributed by atoms with van der Waals surface area (Å²) in [6, 6.07) is 3.99. The molecule has 0 unspecified atom stereocenters. The average molecular weight is 333 g/mol. The molecule has 24 heavy (non-hydrogen) atoms. The molecule has 130 valence electrons. The van der Waals surface area contributed by atoms with Gasteiger partial charge in [-0.2, -0.15) is 5.10 Å². The van der Waals surface area contributed by atoms with E-state index in [0.29, 0.717) is 13.1 Å². The van der Waals surface area contributed by atoms with Crippen LogP contribution in [0, 0.1) is 12.8 Å². The molecule has 0 radical (unpaired) electrons. The Balaban J connectivity index is 1.67. The lowest BCUT2D eigenvalue weighted by molar-refractivity contribution is -0.124. The summed E-state index contributed by atoms with van der Waals surface area (Å²) in [7, 11) is 1.52. The molecule has 1 aliphatic heterocycles. The van der Waals surface area contributed by atoms with Gasteiger partial charge in [0.25, 0.3) is 0 Å². The van der Waals surface area contributed by atoms with E-state index in [1.54, 1.807) is 0 Å². The molecule has 1 amide bonds. The van der Waals surface area contributed by atoms with E-state index in [-0.39, 0.29) is 18.4 Å². The Bertz CT molecular complexity index is 681. The fourth-order valence-electron chi connectivity index (χ4n) is 3.03. The number of aryl methyl sites for hydroxylation is 1. The van der Waals surface area contributed by atoms with E-state index in [9.17, 15) is 4.79 Å². The fraction of sp³-hybridized carbons (Fsp3) is 0.562. The number of methoxy groups -OCH3 is 1. The monoisotopic (exact) mass is 333 g/mol. The highest BCUT2D eigenvalue weighted by molar-refractivity contribution is 5.77. The van der Waals surface area contributed by atoms with Gasteiger partial charge in [-0.05, 0) is 13.0 Å². The fourth-order valence-corrected chi connectivity index (χ4v) is 3.03. The summed E-state index contributed by atoms with van der Waals surface area (Å²) in [4.78, 5) is 14.0. The van der Waals surface area contributed by atoms with Gasteiger partial charge in [0.1, 0.15) is 12.4 Å². The first-order chi connectivity index (χ1) is 11.6. The molecule has 8 nitrogen and oxygen atoms in total. The van der Waals surface area contributed by atoms with Gasteiger partial charge in [0.05, 0.1) is 11.4 Å². The Morgan fingerprint density at radius 3 is 3.12 bits per heavy atom. The number of carbonyl (C=O) groups is 1. The SMILES string of the molecule is COCC(=O)NC[C@@H]1CN(Cc2cc(C)on2)Cc2ccnn2C1. The number of ether oxygens (including phenoxy) is 1. The summed E-state index contributed by atoms with van der Waals surface area (Å²) >= 11 is 0. The third-order valence-electron chi connectivity index (χ3n) is 4.06. The van der Waals surface area contributed by atoms with Gasteiger partial charge in [-0.3, -0.25) is 14.4 Å². The lowest BCUT2D eigenvalue weighted by Gasteiger charge is -2.23. The summed E-state index contributed by atoms with van der Waals surface area (Å²) < 4.78 is 12.0. The second-order valence-corrected chi connectivity index (χ2v) is 6.21. The average Bonchev–Trinajstić information content (AvgIpc) is 3.11. The zero-order valence-corrected chi connectivity index (χ0v) is 14.1. The molecule has 0 aromatic carbocycles. The summed E-state index contributed by atoms with van der Waals surface area (Å²) in [6.07, 6.45) is 1.82. The second kappa shape index (κ2) is 7.59. The first kappa shape index (κ1) is 16.7. The van der Waals surface area contributed by atoms with E-state index in [1.165, 1.54) is 12.8 Å². The maximum Gasteiger partial charge on any atom is 0.245 e. The largest absolute Gasteiger partial charge is 0.375 e. The number of nitrogens with one attached hydrogen (secondary N) is 1. The van der Waals surface area contributed by atoms with E-state index < -0.39 is 0 Å². The van der Waals surface area contributed by atoms with Crippen molar-refractivity contribution in [1.82, 2.24) is 25.2 Å². The lowest BCUT2D eigenvalue weighted by Crippen LogP contribution is -2.37. The van der Waals surface area contributed by atoms with Crippen molar-refractivity contribution in [3.63, 3.8) is 0 Å². The van der Waals surface area contributed by atoms with E-state index in [1.807, 2.05) is 29.9 Å². The topological polar surface area (TPSA) is 85.4 Å². The number of hydrogen-bond donors (Lipinski definition) is 1. The van der Waals surface area contributed by atoms with Gasteiger partial charge < -0.3 is 14.6 Å². The molecule has 0 saturated carbocycles. The van der Waals surface area contributed by atoms with Crippen molar-refractivity contribution in [3.8, 4) is 0 Å². The van der Waals surface area contributed by atoms with Gasteiger partial charge in [0, 0.05) is 58.0 Å². The Morgan fingerprint density at radius 1 is 1.50 bits per heavy atom. The molecule has 2 aromatic rings. The molecule has 0 bridgehead atoms. The second-order valence-electron chi connectivity index (χ2n) is 6.21. The van der Waals surface area contributed by atoms with Gasteiger partial charge in [-0.1, -0.05) is 5.16 Å². The molecule has 1 atom stereocenters. The van der Waals surface area contributed by atoms with E-state index >= 15 is 0 Å². The van der Waals surface area contributed by atoms with Crippen molar-refractivity contribution < 1.29 is 14.1 Å². The molecule has 3 rings (SSSR count). The lowest BCUT2D eigenvalue weighted by atomic mass is 10.1. The van der Waals surface area contributed by atoms with Gasteiger partial charge in [-0.25, -0.2) is 0 Å². The third-order valence-corrected chi connectivity index (χ3v) is 4.06. The van der Waals surface area contributed by atoms with Crippen molar-refractivity contribution in [2.75, 3.05) is 26.8 Å². The van der Waals surface area contributed by atoms with Crippen LogP contribution in [0.15, 0.2) is 22.9 Å². The highest BCUT2D eigenvalue weighted by Crippen LogP contribution is 2.18. The molecule has 8 heteroatoms.